The Bertz CT molecular complexity index is 334. The molecular weight excluding hydrogens is 286 g/mol. The van der Waals surface area contributed by atoms with Crippen LogP contribution in [0.1, 0.15) is 37.7 Å². The zero-order valence-electron chi connectivity index (χ0n) is 9.42. The lowest BCUT2D eigenvalue weighted by molar-refractivity contribution is 0.299. The van der Waals surface area contributed by atoms with Crippen LogP contribution in [0.25, 0.3) is 0 Å². The van der Waals surface area contributed by atoms with E-state index < -0.39 is 0 Å². The average Bonchev–Trinajstić information content (AvgIpc) is 2.30. The molecule has 1 aromatic carbocycles. The molecule has 0 spiro atoms. The van der Waals surface area contributed by atoms with Crippen molar-refractivity contribution in [2.45, 2.75) is 37.5 Å². The fraction of sp³-hybridized carbons (Fsp3) is 0.538. The van der Waals surface area contributed by atoms with Gasteiger partial charge in [0.25, 0.3) is 0 Å². The van der Waals surface area contributed by atoms with Gasteiger partial charge in [0.15, 0.2) is 0 Å². The number of hydrogen-bond acceptors (Lipinski definition) is 1. The predicted molar refractivity (Wildman–Crippen MR) is 75.2 cm³/mol. The largest absolute Gasteiger partial charge is 0.330 e. The highest BCUT2D eigenvalue weighted by molar-refractivity contribution is 9.10. The van der Waals surface area contributed by atoms with Crippen LogP contribution in [-0.4, -0.2) is 6.54 Å². The Morgan fingerprint density at radius 3 is 2.31 bits per heavy atom. The first-order valence-corrected chi connectivity index (χ1v) is 6.53. The zero-order valence-corrected chi connectivity index (χ0v) is 11.8. The Labute approximate surface area is 112 Å². The van der Waals surface area contributed by atoms with Crippen LogP contribution in [0.3, 0.4) is 0 Å². The molecule has 0 bridgehead atoms. The molecule has 1 aromatic rings. The molecule has 2 N–H and O–H groups in total. The minimum atomic E-state index is 0. The van der Waals surface area contributed by atoms with E-state index in [1.54, 1.807) is 0 Å². The molecule has 1 nitrogen and oxygen atoms in total. The van der Waals surface area contributed by atoms with Gasteiger partial charge in [0, 0.05) is 16.4 Å². The summed E-state index contributed by atoms with van der Waals surface area (Å²) >= 11 is 3.65. The maximum absolute atomic E-state index is 6.02. The van der Waals surface area contributed by atoms with Crippen molar-refractivity contribution in [2.75, 3.05) is 6.54 Å². The van der Waals surface area contributed by atoms with Gasteiger partial charge in [0.2, 0.25) is 0 Å². The van der Waals surface area contributed by atoms with Crippen molar-refractivity contribution in [3.63, 3.8) is 0 Å². The molecule has 90 valence electrons. The first-order chi connectivity index (χ1) is 7.28. The van der Waals surface area contributed by atoms with Crippen LogP contribution < -0.4 is 5.73 Å². The summed E-state index contributed by atoms with van der Waals surface area (Å²) in [5, 5.41) is 0. The van der Waals surface area contributed by atoms with Crippen LogP contribution in [0.4, 0.5) is 0 Å². The second-order valence-corrected chi connectivity index (χ2v) is 5.38. The van der Waals surface area contributed by atoms with E-state index in [1.807, 2.05) is 0 Å². The summed E-state index contributed by atoms with van der Waals surface area (Å²) in [5.74, 6) is 0. The third-order valence-electron chi connectivity index (χ3n) is 3.65. The SMILES string of the molecule is Cl.NCC1(c2ccccc2Br)CCCCC1. The number of nitrogens with two attached hydrogens (primary N) is 1. The Hall–Kier alpha value is -0.0500. The fourth-order valence-corrected chi connectivity index (χ4v) is 3.41. The molecule has 0 aromatic heterocycles. The van der Waals surface area contributed by atoms with Crippen molar-refractivity contribution in [1.82, 2.24) is 0 Å². The fourth-order valence-electron chi connectivity index (χ4n) is 2.70. The summed E-state index contributed by atoms with van der Waals surface area (Å²) in [4.78, 5) is 0. The second-order valence-electron chi connectivity index (χ2n) is 4.52. The smallest absolute Gasteiger partial charge is 0.0213 e. The lowest BCUT2D eigenvalue weighted by Gasteiger charge is -2.37. The van der Waals surface area contributed by atoms with Crippen molar-refractivity contribution in [2.24, 2.45) is 5.73 Å². The van der Waals surface area contributed by atoms with E-state index in [-0.39, 0.29) is 17.8 Å². The molecule has 0 atom stereocenters. The summed E-state index contributed by atoms with van der Waals surface area (Å²) in [5.41, 5.74) is 7.66. The molecule has 0 unspecified atom stereocenters. The van der Waals surface area contributed by atoms with Crippen LogP contribution in [-0.2, 0) is 5.41 Å². The average molecular weight is 305 g/mol. The standard InChI is InChI=1S/C13H18BrN.ClH/c14-12-7-3-2-6-11(12)13(10-15)8-4-1-5-9-13;/h2-3,6-7H,1,4-5,8-10,15H2;1H. The molecule has 0 radical (unpaired) electrons. The maximum atomic E-state index is 6.02. The third-order valence-corrected chi connectivity index (χ3v) is 4.34. The van der Waals surface area contributed by atoms with Gasteiger partial charge >= 0.3 is 0 Å². The summed E-state index contributed by atoms with van der Waals surface area (Å²) in [6.07, 6.45) is 6.49. The normalized spacial score (nSPS) is 18.9. The molecule has 0 saturated heterocycles. The van der Waals surface area contributed by atoms with E-state index in [0.29, 0.717) is 0 Å². The molecule has 1 saturated carbocycles. The van der Waals surface area contributed by atoms with Gasteiger partial charge in [-0.05, 0) is 24.5 Å². The molecule has 0 aliphatic heterocycles. The number of halogens is 2. The van der Waals surface area contributed by atoms with Crippen molar-refractivity contribution in [1.29, 1.82) is 0 Å². The molecule has 2 rings (SSSR count). The van der Waals surface area contributed by atoms with Gasteiger partial charge in [-0.2, -0.15) is 0 Å². The van der Waals surface area contributed by atoms with E-state index in [4.69, 9.17) is 5.73 Å². The van der Waals surface area contributed by atoms with Crippen LogP contribution >= 0.6 is 28.3 Å². The van der Waals surface area contributed by atoms with Crippen LogP contribution in [0.5, 0.6) is 0 Å². The van der Waals surface area contributed by atoms with Crippen molar-refractivity contribution >= 4 is 28.3 Å². The van der Waals surface area contributed by atoms with Gasteiger partial charge in [0.1, 0.15) is 0 Å². The summed E-state index contributed by atoms with van der Waals surface area (Å²) in [7, 11) is 0. The van der Waals surface area contributed by atoms with Crippen molar-refractivity contribution in [3.8, 4) is 0 Å². The summed E-state index contributed by atoms with van der Waals surface area (Å²) in [6, 6.07) is 8.54. The first-order valence-electron chi connectivity index (χ1n) is 5.74. The van der Waals surface area contributed by atoms with E-state index in [9.17, 15) is 0 Å². The van der Waals surface area contributed by atoms with Crippen LogP contribution in [0, 0.1) is 0 Å². The molecule has 0 heterocycles. The van der Waals surface area contributed by atoms with Crippen molar-refractivity contribution < 1.29 is 0 Å². The van der Waals surface area contributed by atoms with E-state index in [0.717, 1.165) is 6.54 Å². The molecule has 3 heteroatoms. The Kier molecular flexibility index (Phi) is 5.29. The lowest BCUT2D eigenvalue weighted by atomic mass is 9.69. The molecule has 1 aliphatic rings. The van der Waals surface area contributed by atoms with Gasteiger partial charge in [-0.25, -0.2) is 0 Å². The van der Waals surface area contributed by atoms with Gasteiger partial charge in [-0.1, -0.05) is 53.4 Å². The van der Waals surface area contributed by atoms with Gasteiger partial charge in [-0.15, -0.1) is 12.4 Å². The first kappa shape index (κ1) is 14.0. The highest BCUT2D eigenvalue weighted by atomic mass is 79.9. The Morgan fingerprint density at radius 2 is 1.75 bits per heavy atom. The number of rotatable bonds is 2. The van der Waals surface area contributed by atoms with Gasteiger partial charge in [0.05, 0.1) is 0 Å². The molecule has 0 amide bonds. The number of benzene rings is 1. The van der Waals surface area contributed by atoms with Crippen LogP contribution in [0.15, 0.2) is 28.7 Å². The predicted octanol–water partition coefficient (Wildman–Crippen LogP) is 4.03. The van der Waals surface area contributed by atoms with Crippen molar-refractivity contribution in [3.05, 3.63) is 34.3 Å². The minimum absolute atomic E-state index is 0. The lowest BCUT2D eigenvalue weighted by Crippen LogP contribution is -2.37. The monoisotopic (exact) mass is 303 g/mol. The van der Waals surface area contributed by atoms with Gasteiger partial charge in [-0.3, -0.25) is 0 Å². The summed E-state index contributed by atoms with van der Waals surface area (Å²) < 4.78 is 1.22. The Balaban J connectivity index is 0.00000128. The number of hydrogen-bond donors (Lipinski definition) is 1. The molecule has 16 heavy (non-hydrogen) atoms. The molecular formula is C13H19BrClN. The van der Waals surface area contributed by atoms with E-state index in [1.165, 1.54) is 42.1 Å². The highest BCUT2D eigenvalue weighted by Crippen LogP contribution is 2.41. The minimum Gasteiger partial charge on any atom is -0.330 e. The van der Waals surface area contributed by atoms with Gasteiger partial charge < -0.3 is 5.73 Å². The molecule has 1 aliphatic carbocycles. The third kappa shape index (κ3) is 2.61. The maximum Gasteiger partial charge on any atom is 0.0213 e. The van der Waals surface area contributed by atoms with Crippen LogP contribution in [0.2, 0.25) is 0 Å². The molecule has 1 fully saturated rings. The quantitative estimate of drug-likeness (QED) is 0.877. The van der Waals surface area contributed by atoms with E-state index >= 15 is 0 Å². The van der Waals surface area contributed by atoms with E-state index in [2.05, 4.69) is 40.2 Å². The highest BCUT2D eigenvalue weighted by Gasteiger charge is 2.33. The zero-order chi connectivity index (χ0) is 10.7. The summed E-state index contributed by atoms with van der Waals surface area (Å²) in [6.45, 7) is 0.773. The Morgan fingerprint density at radius 1 is 1.12 bits per heavy atom. The topological polar surface area (TPSA) is 26.0 Å². The second kappa shape index (κ2) is 6.04.